The highest BCUT2D eigenvalue weighted by molar-refractivity contribution is 7.16. The minimum absolute atomic E-state index is 0.403. The van der Waals surface area contributed by atoms with E-state index in [4.69, 9.17) is 20.8 Å². The van der Waals surface area contributed by atoms with Crippen molar-refractivity contribution in [2.24, 2.45) is 0 Å². The molecule has 1 atom stereocenters. The molecule has 0 N–H and O–H groups in total. The Morgan fingerprint density at radius 1 is 1.39 bits per heavy atom. The maximum Gasteiger partial charge on any atom is 0.212 e. The number of aromatic nitrogens is 3. The largest absolute Gasteiger partial charge is 0.495 e. The topological polar surface area (TPSA) is 52.6 Å². The molecule has 0 radical (unpaired) electrons. The number of rotatable bonds is 3. The van der Waals surface area contributed by atoms with E-state index in [1.54, 1.807) is 30.0 Å². The Bertz CT molecular complexity index is 989. The molecule has 0 aliphatic heterocycles. The zero-order valence-electron chi connectivity index (χ0n) is 12.2. The summed E-state index contributed by atoms with van der Waals surface area (Å²) in [6, 6.07) is 5.37. The first kappa shape index (κ1) is 14.5. The van der Waals surface area contributed by atoms with Crippen LogP contribution >= 0.6 is 22.9 Å². The molecule has 0 amide bonds. The molecule has 23 heavy (non-hydrogen) atoms. The number of imidazole rings is 1. The summed E-state index contributed by atoms with van der Waals surface area (Å²) in [4.78, 5) is 5.06. The molecule has 0 fully saturated rings. The van der Waals surface area contributed by atoms with E-state index in [0.717, 1.165) is 5.39 Å². The highest BCUT2D eigenvalue weighted by Gasteiger charge is 2.16. The molecule has 0 aliphatic carbocycles. The SMILES string of the molecule is COc1cc2oc(-c3cn4nc(C(C)F)sc4n3)cc2cc1Cl. The van der Waals surface area contributed by atoms with Gasteiger partial charge in [-0.2, -0.15) is 5.10 Å². The highest BCUT2D eigenvalue weighted by atomic mass is 35.5. The third kappa shape index (κ3) is 2.36. The molecule has 0 bridgehead atoms. The van der Waals surface area contributed by atoms with Crippen molar-refractivity contribution in [3.05, 3.63) is 34.4 Å². The van der Waals surface area contributed by atoms with Crippen molar-refractivity contribution >= 4 is 38.9 Å². The number of ether oxygens (including phenoxy) is 1. The minimum atomic E-state index is -1.11. The highest BCUT2D eigenvalue weighted by Crippen LogP contribution is 2.35. The molecule has 3 aromatic heterocycles. The molecule has 0 saturated heterocycles. The summed E-state index contributed by atoms with van der Waals surface area (Å²) in [5.41, 5.74) is 1.29. The number of nitrogens with zero attached hydrogens (tertiary/aromatic N) is 3. The average molecular weight is 352 g/mol. The third-order valence-electron chi connectivity index (χ3n) is 3.44. The lowest BCUT2D eigenvalue weighted by atomic mass is 10.2. The molecule has 0 saturated carbocycles. The number of benzene rings is 1. The van der Waals surface area contributed by atoms with Crippen LogP contribution in [-0.4, -0.2) is 21.7 Å². The molecular formula is C15H11ClFN3O2S. The number of alkyl halides is 1. The molecule has 1 unspecified atom stereocenters. The van der Waals surface area contributed by atoms with Crippen LogP contribution in [0.15, 0.2) is 28.8 Å². The van der Waals surface area contributed by atoms with Crippen LogP contribution in [0.5, 0.6) is 5.75 Å². The van der Waals surface area contributed by atoms with Crippen LogP contribution in [0.25, 0.3) is 27.4 Å². The summed E-state index contributed by atoms with van der Waals surface area (Å²) < 4.78 is 25.8. The molecule has 0 spiro atoms. The number of halogens is 2. The molecule has 4 aromatic rings. The van der Waals surface area contributed by atoms with Gasteiger partial charge in [-0.1, -0.05) is 22.9 Å². The monoisotopic (exact) mass is 351 g/mol. The number of fused-ring (bicyclic) bond motifs is 2. The van der Waals surface area contributed by atoms with Gasteiger partial charge < -0.3 is 9.15 Å². The van der Waals surface area contributed by atoms with Crippen LogP contribution in [0, 0.1) is 0 Å². The summed E-state index contributed by atoms with van der Waals surface area (Å²) in [7, 11) is 1.55. The summed E-state index contributed by atoms with van der Waals surface area (Å²) in [6.45, 7) is 1.45. The Morgan fingerprint density at radius 3 is 2.91 bits per heavy atom. The van der Waals surface area contributed by atoms with Gasteiger partial charge in [0.25, 0.3) is 0 Å². The molecule has 5 nitrogen and oxygen atoms in total. The first-order valence-corrected chi connectivity index (χ1v) is 8.02. The van der Waals surface area contributed by atoms with E-state index in [2.05, 4.69) is 10.1 Å². The van der Waals surface area contributed by atoms with E-state index in [1.165, 1.54) is 18.3 Å². The standard InChI is InChI=1S/C15H11ClFN3O2S/c1-7(17)14-19-20-6-10(18-15(20)23-14)13-4-8-3-9(16)12(21-2)5-11(8)22-13/h3-7H,1-2H3. The van der Waals surface area contributed by atoms with E-state index in [1.807, 2.05) is 6.07 Å². The zero-order chi connectivity index (χ0) is 16.1. The van der Waals surface area contributed by atoms with Crippen molar-refractivity contribution in [2.45, 2.75) is 13.1 Å². The first-order valence-electron chi connectivity index (χ1n) is 6.83. The summed E-state index contributed by atoms with van der Waals surface area (Å²) in [5, 5.41) is 5.94. The molecule has 4 rings (SSSR count). The predicted octanol–water partition coefficient (Wildman–Crippen LogP) is 4.90. The van der Waals surface area contributed by atoms with Gasteiger partial charge in [-0.15, -0.1) is 0 Å². The number of furan rings is 1. The van der Waals surface area contributed by atoms with Crippen LogP contribution in [0.1, 0.15) is 18.1 Å². The number of methoxy groups -OCH3 is 1. The van der Waals surface area contributed by atoms with Gasteiger partial charge in [-0.3, -0.25) is 0 Å². The fourth-order valence-corrected chi connectivity index (χ4v) is 3.38. The van der Waals surface area contributed by atoms with Gasteiger partial charge in [-0.05, 0) is 19.1 Å². The van der Waals surface area contributed by atoms with Crippen LogP contribution in [0.2, 0.25) is 5.02 Å². The smallest absolute Gasteiger partial charge is 0.212 e. The predicted molar refractivity (Wildman–Crippen MR) is 87.2 cm³/mol. The fourth-order valence-electron chi connectivity index (χ4n) is 2.32. The van der Waals surface area contributed by atoms with Crippen molar-refractivity contribution < 1.29 is 13.5 Å². The second-order valence-electron chi connectivity index (χ2n) is 5.04. The fraction of sp³-hybridized carbons (Fsp3) is 0.200. The molecule has 8 heteroatoms. The summed E-state index contributed by atoms with van der Waals surface area (Å²) in [5.74, 6) is 1.14. The second kappa shape index (κ2) is 5.21. The Morgan fingerprint density at radius 2 is 2.22 bits per heavy atom. The lowest BCUT2D eigenvalue weighted by Crippen LogP contribution is -1.86. The van der Waals surface area contributed by atoms with E-state index in [0.29, 0.717) is 37.8 Å². The summed E-state index contributed by atoms with van der Waals surface area (Å²) >= 11 is 7.34. The zero-order valence-corrected chi connectivity index (χ0v) is 13.8. The van der Waals surface area contributed by atoms with Gasteiger partial charge in [0, 0.05) is 11.5 Å². The van der Waals surface area contributed by atoms with Crippen molar-refractivity contribution in [3.8, 4) is 17.2 Å². The van der Waals surface area contributed by atoms with Gasteiger partial charge in [0.1, 0.15) is 17.0 Å². The third-order valence-corrected chi connectivity index (χ3v) is 4.81. The van der Waals surface area contributed by atoms with Crippen LogP contribution < -0.4 is 4.74 Å². The van der Waals surface area contributed by atoms with Crippen LogP contribution in [-0.2, 0) is 0 Å². The van der Waals surface area contributed by atoms with Gasteiger partial charge in [0.15, 0.2) is 16.9 Å². The number of hydrogen-bond donors (Lipinski definition) is 0. The van der Waals surface area contributed by atoms with E-state index >= 15 is 0 Å². The normalized spacial score (nSPS) is 13.0. The Labute approximate surface area is 139 Å². The first-order chi connectivity index (χ1) is 11.0. The Hall–Kier alpha value is -2.12. The van der Waals surface area contributed by atoms with Crippen molar-refractivity contribution in [1.82, 2.24) is 14.6 Å². The van der Waals surface area contributed by atoms with Crippen molar-refractivity contribution in [1.29, 1.82) is 0 Å². The maximum atomic E-state index is 13.3. The van der Waals surface area contributed by atoms with Crippen molar-refractivity contribution in [3.63, 3.8) is 0 Å². The van der Waals surface area contributed by atoms with Gasteiger partial charge in [0.2, 0.25) is 4.96 Å². The molecular weight excluding hydrogens is 341 g/mol. The van der Waals surface area contributed by atoms with Crippen LogP contribution in [0.3, 0.4) is 0 Å². The van der Waals surface area contributed by atoms with Gasteiger partial charge >= 0.3 is 0 Å². The Kier molecular flexibility index (Phi) is 3.28. The quantitative estimate of drug-likeness (QED) is 0.527. The number of hydrogen-bond acceptors (Lipinski definition) is 5. The lowest BCUT2D eigenvalue weighted by molar-refractivity contribution is 0.370. The molecule has 0 aliphatic rings. The maximum absolute atomic E-state index is 13.3. The summed E-state index contributed by atoms with van der Waals surface area (Å²) in [6.07, 6.45) is 0.611. The van der Waals surface area contributed by atoms with E-state index in [9.17, 15) is 4.39 Å². The minimum Gasteiger partial charge on any atom is -0.495 e. The Balaban J connectivity index is 1.80. The van der Waals surface area contributed by atoms with Gasteiger partial charge in [0.05, 0.1) is 18.3 Å². The molecule has 1 aromatic carbocycles. The van der Waals surface area contributed by atoms with E-state index in [-0.39, 0.29) is 0 Å². The average Bonchev–Trinajstić information content (AvgIpc) is 3.17. The van der Waals surface area contributed by atoms with Gasteiger partial charge in [-0.25, -0.2) is 13.9 Å². The van der Waals surface area contributed by atoms with Crippen LogP contribution in [0.4, 0.5) is 4.39 Å². The van der Waals surface area contributed by atoms with E-state index < -0.39 is 6.17 Å². The lowest BCUT2D eigenvalue weighted by Gasteiger charge is -2.00. The second-order valence-corrected chi connectivity index (χ2v) is 6.44. The molecule has 3 heterocycles. The molecule has 118 valence electrons. The van der Waals surface area contributed by atoms with Crippen molar-refractivity contribution in [2.75, 3.05) is 7.11 Å².